The normalized spacial score (nSPS) is 24.4. The van der Waals surface area contributed by atoms with E-state index >= 15 is 0 Å². The molecule has 1 saturated heterocycles. The average molecular weight is 279 g/mol. The first-order chi connectivity index (χ1) is 9.24. The lowest BCUT2D eigenvalue weighted by Crippen LogP contribution is -2.36. The van der Waals surface area contributed by atoms with Gasteiger partial charge in [0, 0.05) is 23.6 Å². The zero-order chi connectivity index (χ0) is 12.9. The molecule has 102 valence electrons. The highest BCUT2D eigenvalue weighted by atomic mass is 32.1. The van der Waals surface area contributed by atoms with Crippen LogP contribution in [0.5, 0.6) is 0 Å². The molecule has 0 atom stereocenters. The van der Waals surface area contributed by atoms with Crippen LogP contribution in [0.4, 0.5) is 5.00 Å². The van der Waals surface area contributed by atoms with E-state index in [1.165, 1.54) is 10.4 Å². The summed E-state index contributed by atoms with van der Waals surface area (Å²) in [4.78, 5) is 13.2. The maximum absolute atomic E-state index is 11.8. The maximum atomic E-state index is 11.8. The Balaban J connectivity index is 1.51. The summed E-state index contributed by atoms with van der Waals surface area (Å²) < 4.78 is 11.5. The number of fused-ring (bicyclic) bond motifs is 1. The molecule has 1 spiro atoms. The first kappa shape index (κ1) is 11.9. The number of ether oxygens (including phenoxy) is 2. The van der Waals surface area contributed by atoms with E-state index in [4.69, 9.17) is 9.47 Å². The van der Waals surface area contributed by atoms with Crippen LogP contribution >= 0.6 is 11.3 Å². The number of anilines is 1. The molecule has 4 nitrogen and oxygen atoms in total. The first-order valence-electron chi connectivity index (χ1n) is 6.94. The zero-order valence-corrected chi connectivity index (χ0v) is 11.6. The minimum atomic E-state index is -0.383. The van der Waals surface area contributed by atoms with Crippen molar-refractivity contribution >= 4 is 22.2 Å². The fourth-order valence-corrected chi connectivity index (χ4v) is 3.97. The van der Waals surface area contributed by atoms with Crippen molar-refractivity contribution in [2.75, 3.05) is 18.5 Å². The Morgan fingerprint density at radius 3 is 2.89 bits per heavy atom. The second-order valence-electron chi connectivity index (χ2n) is 5.61. The largest absolute Gasteiger partial charge is 0.347 e. The van der Waals surface area contributed by atoms with Gasteiger partial charge >= 0.3 is 0 Å². The molecule has 0 radical (unpaired) electrons. The highest BCUT2D eigenvalue weighted by molar-refractivity contribution is 7.16. The smallest absolute Gasteiger partial charge is 0.228 e. The van der Waals surface area contributed by atoms with Gasteiger partial charge in [-0.3, -0.25) is 4.79 Å². The lowest BCUT2D eigenvalue weighted by atomic mass is 9.93. The van der Waals surface area contributed by atoms with Gasteiger partial charge in [0.1, 0.15) is 0 Å². The molecule has 19 heavy (non-hydrogen) atoms. The quantitative estimate of drug-likeness (QED) is 0.904. The Bertz CT molecular complexity index is 515. The number of aryl methyl sites for hydroxylation is 1. The molecule has 4 rings (SSSR count). The molecule has 5 heteroatoms. The molecule has 1 saturated carbocycles. The molecule has 2 fully saturated rings. The molecule has 1 aromatic rings. The summed E-state index contributed by atoms with van der Waals surface area (Å²) in [7, 11) is 0. The van der Waals surface area contributed by atoms with Crippen LogP contribution in [-0.4, -0.2) is 24.9 Å². The topological polar surface area (TPSA) is 47.6 Å². The van der Waals surface area contributed by atoms with Crippen molar-refractivity contribution in [3.8, 4) is 0 Å². The van der Waals surface area contributed by atoms with Crippen LogP contribution in [0.1, 0.15) is 29.7 Å². The number of hydrogen-bond donors (Lipinski definition) is 1. The van der Waals surface area contributed by atoms with E-state index in [0.717, 1.165) is 37.1 Å². The van der Waals surface area contributed by atoms with Gasteiger partial charge in [0.05, 0.1) is 18.2 Å². The van der Waals surface area contributed by atoms with Crippen LogP contribution in [0.25, 0.3) is 0 Å². The summed E-state index contributed by atoms with van der Waals surface area (Å²) >= 11 is 1.71. The maximum Gasteiger partial charge on any atom is 0.228 e. The summed E-state index contributed by atoms with van der Waals surface area (Å²) in [5, 5.41) is 4.02. The van der Waals surface area contributed by atoms with Crippen molar-refractivity contribution in [2.24, 2.45) is 5.92 Å². The molecule has 0 unspecified atom stereocenters. The van der Waals surface area contributed by atoms with Gasteiger partial charge in [-0.25, -0.2) is 0 Å². The minimum absolute atomic E-state index is 0.182. The van der Waals surface area contributed by atoms with Crippen LogP contribution < -0.4 is 5.32 Å². The van der Waals surface area contributed by atoms with Crippen molar-refractivity contribution < 1.29 is 14.3 Å². The van der Waals surface area contributed by atoms with Gasteiger partial charge < -0.3 is 14.8 Å². The highest BCUT2D eigenvalue weighted by Crippen LogP contribution is 2.41. The third-order valence-electron chi connectivity index (χ3n) is 4.10. The molecule has 1 aromatic heterocycles. The van der Waals surface area contributed by atoms with E-state index in [1.807, 2.05) is 0 Å². The average Bonchev–Trinajstić information content (AvgIpc) is 3.05. The molecule has 2 aliphatic carbocycles. The van der Waals surface area contributed by atoms with Crippen LogP contribution in [0.15, 0.2) is 6.07 Å². The summed E-state index contributed by atoms with van der Waals surface area (Å²) in [5.74, 6) is 0.0555. The van der Waals surface area contributed by atoms with Crippen LogP contribution in [0.3, 0.4) is 0 Å². The molecule has 1 N–H and O–H groups in total. The molecule has 0 aromatic carbocycles. The van der Waals surface area contributed by atoms with E-state index in [1.54, 1.807) is 11.3 Å². The van der Waals surface area contributed by atoms with E-state index in [9.17, 15) is 4.79 Å². The fourth-order valence-electron chi connectivity index (χ4n) is 2.88. The molecule has 0 bridgehead atoms. The number of nitrogens with one attached hydrogen (secondary N) is 1. The molecular formula is C14H17NO3S. The third-order valence-corrected chi connectivity index (χ3v) is 5.25. The number of thiophene rings is 1. The molecular weight excluding hydrogens is 262 g/mol. The monoisotopic (exact) mass is 279 g/mol. The summed E-state index contributed by atoms with van der Waals surface area (Å²) in [6.45, 7) is 1.40. The van der Waals surface area contributed by atoms with Crippen molar-refractivity contribution in [3.63, 3.8) is 0 Å². The predicted octanol–water partition coefficient (Wildman–Crippen LogP) is 2.33. The minimum Gasteiger partial charge on any atom is -0.347 e. The molecule has 2 heterocycles. The Labute approximate surface area is 116 Å². The SMILES string of the molecule is O=C(Nc1cc2c(s1)CCC1(C2)OCCO1)C1CC1. The first-order valence-corrected chi connectivity index (χ1v) is 7.76. The lowest BCUT2D eigenvalue weighted by molar-refractivity contribution is -0.163. The van der Waals surface area contributed by atoms with E-state index in [2.05, 4.69) is 11.4 Å². The number of carbonyl (C=O) groups is 1. The second kappa shape index (κ2) is 4.30. The molecule has 1 aliphatic heterocycles. The summed E-state index contributed by atoms with van der Waals surface area (Å²) in [6, 6.07) is 2.10. The van der Waals surface area contributed by atoms with Gasteiger partial charge in [-0.15, -0.1) is 11.3 Å². The third kappa shape index (κ3) is 2.20. The zero-order valence-electron chi connectivity index (χ0n) is 10.7. The van der Waals surface area contributed by atoms with Gasteiger partial charge in [-0.1, -0.05) is 0 Å². The van der Waals surface area contributed by atoms with Gasteiger partial charge in [0.2, 0.25) is 5.91 Å². The molecule has 3 aliphatic rings. The Morgan fingerprint density at radius 2 is 2.16 bits per heavy atom. The van der Waals surface area contributed by atoms with Crippen LogP contribution in [0, 0.1) is 5.92 Å². The number of rotatable bonds is 2. The van der Waals surface area contributed by atoms with E-state index in [-0.39, 0.29) is 17.6 Å². The van der Waals surface area contributed by atoms with Gasteiger partial charge in [0.25, 0.3) is 0 Å². The summed E-state index contributed by atoms with van der Waals surface area (Å²) in [6.07, 6.45) is 4.82. The number of hydrogen-bond acceptors (Lipinski definition) is 4. The predicted molar refractivity (Wildman–Crippen MR) is 72.3 cm³/mol. The lowest BCUT2D eigenvalue weighted by Gasteiger charge is -2.31. The van der Waals surface area contributed by atoms with Crippen molar-refractivity contribution in [3.05, 3.63) is 16.5 Å². The Morgan fingerprint density at radius 1 is 1.37 bits per heavy atom. The van der Waals surface area contributed by atoms with Crippen molar-refractivity contribution in [1.29, 1.82) is 0 Å². The Kier molecular flexibility index (Phi) is 2.69. The standard InChI is InChI=1S/C14H17NO3S/c16-13(9-1-2-9)15-12-7-10-8-14(17-5-6-18-14)4-3-11(10)19-12/h7,9H,1-6,8H2,(H,15,16). The van der Waals surface area contributed by atoms with Gasteiger partial charge in [0.15, 0.2) is 5.79 Å². The summed E-state index contributed by atoms with van der Waals surface area (Å²) in [5.41, 5.74) is 1.28. The molecule has 1 amide bonds. The van der Waals surface area contributed by atoms with Crippen LogP contribution in [0.2, 0.25) is 0 Å². The number of carbonyl (C=O) groups excluding carboxylic acids is 1. The fraction of sp³-hybridized carbons (Fsp3) is 0.643. The second-order valence-corrected chi connectivity index (χ2v) is 6.74. The van der Waals surface area contributed by atoms with Gasteiger partial charge in [-0.2, -0.15) is 0 Å². The van der Waals surface area contributed by atoms with Crippen molar-refractivity contribution in [1.82, 2.24) is 0 Å². The van der Waals surface area contributed by atoms with Crippen molar-refractivity contribution in [2.45, 2.75) is 37.9 Å². The Hall–Kier alpha value is -0.910. The highest BCUT2D eigenvalue weighted by Gasteiger charge is 2.40. The van der Waals surface area contributed by atoms with Crippen LogP contribution in [-0.2, 0) is 27.1 Å². The van der Waals surface area contributed by atoms with E-state index < -0.39 is 0 Å². The van der Waals surface area contributed by atoms with Gasteiger partial charge in [-0.05, 0) is 30.9 Å². The van der Waals surface area contributed by atoms with E-state index in [0.29, 0.717) is 13.2 Å². The number of amides is 1.